The predicted molar refractivity (Wildman–Crippen MR) is 93.3 cm³/mol. The smallest absolute Gasteiger partial charge is 0.334 e. The second-order valence-electron chi connectivity index (χ2n) is 6.51. The minimum absolute atomic E-state index is 0.0342. The first-order valence-corrected chi connectivity index (χ1v) is 8.63. The first-order valence-electron chi connectivity index (χ1n) is 8.63. The van der Waals surface area contributed by atoms with Crippen molar-refractivity contribution in [2.45, 2.75) is 19.1 Å². The zero-order valence-electron chi connectivity index (χ0n) is 14.5. The maximum absolute atomic E-state index is 12.8. The van der Waals surface area contributed by atoms with Gasteiger partial charge in [0.2, 0.25) is 5.91 Å². The fourth-order valence-electron chi connectivity index (χ4n) is 3.43. The van der Waals surface area contributed by atoms with Crippen LogP contribution >= 0.6 is 0 Å². The molecule has 1 aromatic heterocycles. The number of aliphatic carboxylic acids is 1. The van der Waals surface area contributed by atoms with Crippen molar-refractivity contribution in [3.63, 3.8) is 0 Å². The second kappa shape index (κ2) is 6.88. The number of carboxylic acids is 1. The third-order valence-corrected chi connectivity index (χ3v) is 4.82. The molecule has 3 heterocycles. The third kappa shape index (κ3) is 3.19. The van der Waals surface area contributed by atoms with Gasteiger partial charge < -0.3 is 24.1 Å². The first kappa shape index (κ1) is 17.3. The topological polar surface area (TPSA) is 100 Å². The summed E-state index contributed by atoms with van der Waals surface area (Å²) < 4.78 is 10.5. The second-order valence-corrected chi connectivity index (χ2v) is 6.51. The Kier molecular flexibility index (Phi) is 4.41. The van der Waals surface area contributed by atoms with Crippen LogP contribution in [0.5, 0.6) is 0 Å². The van der Waals surface area contributed by atoms with Crippen molar-refractivity contribution >= 4 is 23.5 Å². The molecule has 8 heteroatoms. The van der Waals surface area contributed by atoms with E-state index in [1.165, 1.54) is 11.2 Å². The van der Waals surface area contributed by atoms with Crippen LogP contribution in [0.1, 0.15) is 21.7 Å². The lowest BCUT2D eigenvalue weighted by molar-refractivity contribution is -0.154. The minimum atomic E-state index is -1.11. The molecule has 8 nitrogen and oxygen atoms in total. The quantitative estimate of drug-likeness (QED) is 0.871. The molecule has 1 atom stereocenters. The van der Waals surface area contributed by atoms with Crippen LogP contribution in [-0.4, -0.2) is 53.6 Å². The molecule has 27 heavy (non-hydrogen) atoms. The van der Waals surface area contributed by atoms with Crippen molar-refractivity contribution in [3.8, 4) is 0 Å². The zero-order chi connectivity index (χ0) is 19.0. The summed E-state index contributed by atoms with van der Waals surface area (Å²) in [5, 5.41) is 9.10. The molecule has 0 aliphatic carbocycles. The molecule has 2 amide bonds. The van der Waals surface area contributed by atoms with Gasteiger partial charge in [0.05, 0.1) is 32.4 Å². The Morgan fingerprint density at radius 1 is 1.22 bits per heavy atom. The average molecular weight is 370 g/mol. The molecule has 1 aromatic carbocycles. The van der Waals surface area contributed by atoms with Crippen LogP contribution in [0.25, 0.3) is 0 Å². The van der Waals surface area contributed by atoms with Crippen LogP contribution in [0.2, 0.25) is 0 Å². The summed E-state index contributed by atoms with van der Waals surface area (Å²) in [4.78, 5) is 39.4. The van der Waals surface area contributed by atoms with Gasteiger partial charge in [-0.05, 0) is 17.7 Å². The van der Waals surface area contributed by atoms with Gasteiger partial charge in [-0.25, -0.2) is 4.79 Å². The summed E-state index contributed by atoms with van der Waals surface area (Å²) in [6.07, 6.45) is 0.693. The normalized spacial score (nSPS) is 19.3. The van der Waals surface area contributed by atoms with Gasteiger partial charge >= 0.3 is 5.97 Å². The number of ether oxygens (including phenoxy) is 1. The van der Waals surface area contributed by atoms with Crippen molar-refractivity contribution in [2.24, 2.45) is 0 Å². The predicted octanol–water partition coefficient (Wildman–Crippen LogP) is 1.29. The van der Waals surface area contributed by atoms with E-state index in [-0.39, 0.29) is 37.9 Å². The molecule has 0 bridgehead atoms. The summed E-state index contributed by atoms with van der Waals surface area (Å²) in [5.74, 6) is -1.41. The van der Waals surface area contributed by atoms with Gasteiger partial charge in [0.1, 0.15) is 0 Å². The maximum atomic E-state index is 12.8. The summed E-state index contributed by atoms with van der Waals surface area (Å²) in [6.45, 7) is 0.616. The van der Waals surface area contributed by atoms with Gasteiger partial charge in [0, 0.05) is 17.8 Å². The molecule has 2 aliphatic rings. The molecule has 0 spiro atoms. The number of carbonyl (C=O) groups excluding carboxylic acids is 2. The standard InChI is InChI=1S/C19H18N2O6/c22-16-9-12-3-1-2-4-14(12)21(16)10-13-5-7-27-17(13)18(23)20-6-8-26-15(11-20)19(24)25/h1-5,7,15H,6,8-11H2,(H,24,25)/t15-/m1/s1. The van der Waals surface area contributed by atoms with Crippen LogP contribution in [0.4, 0.5) is 5.69 Å². The number of hydrogen-bond acceptors (Lipinski definition) is 5. The molecular weight excluding hydrogens is 352 g/mol. The van der Waals surface area contributed by atoms with E-state index in [0.29, 0.717) is 12.0 Å². The van der Waals surface area contributed by atoms with Gasteiger partial charge in [0.15, 0.2) is 11.9 Å². The van der Waals surface area contributed by atoms with E-state index < -0.39 is 18.0 Å². The molecule has 0 unspecified atom stereocenters. The fourth-order valence-corrected chi connectivity index (χ4v) is 3.43. The number of amides is 2. The lowest BCUT2D eigenvalue weighted by Gasteiger charge is -2.30. The number of benzene rings is 1. The van der Waals surface area contributed by atoms with E-state index in [2.05, 4.69) is 0 Å². The van der Waals surface area contributed by atoms with Crippen LogP contribution < -0.4 is 4.90 Å². The van der Waals surface area contributed by atoms with Crippen LogP contribution in [0, 0.1) is 0 Å². The van der Waals surface area contributed by atoms with E-state index in [1.54, 1.807) is 11.0 Å². The molecule has 1 N–H and O–H groups in total. The number of carbonyl (C=O) groups is 3. The molecule has 1 saturated heterocycles. The van der Waals surface area contributed by atoms with Crippen molar-refractivity contribution < 1.29 is 28.6 Å². The van der Waals surface area contributed by atoms with Crippen LogP contribution in [0.15, 0.2) is 41.0 Å². The highest BCUT2D eigenvalue weighted by Gasteiger charge is 2.33. The third-order valence-electron chi connectivity index (χ3n) is 4.82. The van der Waals surface area contributed by atoms with Gasteiger partial charge in [-0.1, -0.05) is 18.2 Å². The number of nitrogens with zero attached hydrogens (tertiary/aromatic N) is 2. The monoisotopic (exact) mass is 370 g/mol. The Bertz CT molecular complexity index is 905. The highest BCUT2D eigenvalue weighted by atomic mass is 16.5. The Labute approximate surface area is 154 Å². The molecule has 140 valence electrons. The molecule has 4 rings (SSSR count). The van der Waals surface area contributed by atoms with Crippen LogP contribution in [0.3, 0.4) is 0 Å². The Morgan fingerprint density at radius 3 is 2.85 bits per heavy atom. The van der Waals surface area contributed by atoms with Crippen molar-refractivity contribution in [2.75, 3.05) is 24.6 Å². The Hall–Kier alpha value is -3.13. The van der Waals surface area contributed by atoms with Gasteiger partial charge in [-0.15, -0.1) is 0 Å². The van der Waals surface area contributed by atoms with Crippen molar-refractivity contribution in [3.05, 3.63) is 53.5 Å². The summed E-state index contributed by atoms with van der Waals surface area (Å²) in [6, 6.07) is 9.21. The molecule has 2 aliphatic heterocycles. The first-order chi connectivity index (χ1) is 13.0. The molecule has 0 radical (unpaired) electrons. The summed E-state index contributed by atoms with van der Waals surface area (Å²) in [7, 11) is 0. The number of furan rings is 1. The number of fused-ring (bicyclic) bond motifs is 1. The van der Waals surface area contributed by atoms with Gasteiger partial charge in [-0.3, -0.25) is 9.59 Å². The number of morpholine rings is 1. The van der Waals surface area contributed by atoms with Crippen molar-refractivity contribution in [1.82, 2.24) is 4.90 Å². The zero-order valence-corrected chi connectivity index (χ0v) is 14.5. The highest BCUT2D eigenvalue weighted by Crippen LogP contribution is 2.30. The fraction of sp³-hybridized carbons (Fsp3) is 0.316. The lowest BCUT2D eigenvalue weighted by atomic mass is 10.1. The van der Waals surface area contributed by atoms with E-state index in [4.69, 9.17) is 14.3 Å². The summed E-state index contributed by atoms with van der Waals surface area (Å²) in [5.41, 5.74) is 2.37. The minimum Gasteiger partial charge on any atom is -0.479 e. The largest absolute Gasteiger partial charge is 0.479 e. The molecular formula is C19H18N2O6. The van der Waals surface area contributed by atoms with E-state index >= 15 is 0 Å². The number of hydrogen-bond donors (Lipinski definition) is 1. The number of carboxylic acid groups (broad SMARTS) is 1. The highest BCUT2D eigenvalue weighted by molar-refractivity contribution is 6.01. The number of anilines is 1. The SMILES string of the molecule is O=C(O)[C@H]1CN(C(=O)c2occc2CN2C(=O)Cc3ccccc32)CCO1. The maximum Gasteiger partial charge on any atom is 0.334 e. The molecule has 0 saturated carbocycles. The summed E-state index contributed by atoms with van der Waals surface area (Å²) >= 11 is 0. The van der Waals surface area contributed by atoms with Crippen LogP contribution in [-0.2, 0) is 27.3 Å². The number of para-hydroxylation sites is 1. The van der Waals surface area contributed by atoms with E-state index in [9.17, 15) is 14.4 Å². The van der Waals surface area contributed by atoms with E-state index in [0.717, 1.165) is 11.3 Å². The van der Waals surface area contributed by atoms with E-state index in [1.807, 2.05) is 24.3 Å². The number of rotatable bonds is 4. The lowest BCUT2D eigenvalue weighted by Crippen LogP contribution is -2.48. The Balaban J connectivity index is 1.54. The molecule has 2 aromatic rings. The van der Waals surface area contributed by atoms with Gasteiger partial charge in [-0.2, -0.15) is 0 Å². The van der Waals surface area contributed by atoms with Gasteiger partial charge in [0.25, 0.3) is 5.91 Å². The molecule has 1 fully saturated rings. The van der Waals surface area contributed by atoms with Crippen molar-refractivity contribution in [1.29, 1.82) is 0 Å². The Morgan fingerprint density at radius 2 is 2.04 bits per heavy atom. The average Bonchev–Trinajstić information content (AvgIpc) is 3.26.